The maximum absolute atomic E-state index is 13.1. The summed E-state index contributed by atoms with van der Waals surface area (Å²) in [5.41, 5.74) is 0.0690. The number of esters is 2. The van der Waals surface area contributed by atoms with Crippen molar-refractivity contribution in [3.05, 3.63) is 34.0 Å². The number of halogens is 1. The third kappa shape index (κ3) is 3.60. The van der Waals surface area contributed by atoms with E-state index in [0.717, 1.165) is 34.6 Å². The highest BCUT2D eigenvalue weighted by atomic mass is 127. The van der Waals surface area contributed by atoms with Crippen molar-refractivity contribution in [2.24, 2.45) is 23.7 Å². The Kier molecular flexibility index (Phi) is 4.99. The molecule has 0 N–H and O–H groups in total. The average molecular weight is 577 g/mol. The zero-order chi connectivity index (χ0) is 23.8. The fraction of sp³-hybridized carbons (Fsp3) is 0.538. The summed E-state index contributed by atoms with van der Waals surface area (Å²) in [5, 5.41) is 0.880. The van der Waals surface area contributed by atoms with E-state index in [4.69, 9.17) is 14.2 Å². The van der Waals surface area contributed by atoms with Gasteiger partial charge in [0, 0.05) is 27.0 Å². The van der Waals surface area contributed by atoms with E-state index in [-0.39, 0.29) is 15.3 Å². The van der Waals surface area contributed by atoms with Gasteiger partial charge in [0.1, 0.15) is 5.60 Å². The largest absolute Gasteiger partial charge is 0.443 e. The van der Waals surface area contributed by atoms with E-state index < -0.39 is 50.2 Å². The number of hydrogen-bond acceptors (Lipinski definition) is 6. The van der Waals surface area contributed by atoms with Crippen molar-refractivity contribution < 1.29 is 28.6 Å². The molecular weight excluding hydrogens is 549 g/mol. The zero-order valence-electron chi connectivity index (χ0n) is 19.5. The number of fused-ring (bicyclic) bond motifs is 1. The number of nitrogens with zero attached hydrogens (tertiary/aromatic N) is 1. The number of ether oxygens (including phenoxy) is 3. The Morgan fingerprint density at radius 3 is 2.21 bits per heavy atom. The third-order valence-electron chi connectivity index (χ3n) is 7.59. The van der Waals surface area contributed by atoms with Crippen LogP contribution in [0.3, 0.4) is 0 Å². The van der Waals surface area contributed by atoms with E-state index in [1.165, 1.54) is 11.0 Å². The van der Waals surface area contributed by atoms with Gasteiger partial charge in [-0.1, -0.05) is 26.8 Å². The Morgan fingerprint density at radius 2 is 1.62 bits per heavy atom. The summed E-state index contributed by atoms with van der Waals surface area (Å²) in [7, 11) is 0. The molecule has 0 unspecified atom stereocenters. The van der Waals surface area contributed by atoms with Gasteiger partial charge in [0.2, 0.25) is 0 Å². The number of carbonyl (C=O) groups excluding carboxylic acids is 3. The minimum absolute atomic E-state index is 0.118. The summed E-state index contributed by atoms with van der Waals surface area (Å²) >= 11 is -1.14. The first-order chi connectivity index (χ1) is 16.1. The molecule has 2 heterocycles. The third-order valence-corrected chi connectivity index (χ3v) is 10.3. The molecule has 4 aliphatic carbocycles. The van der Waals surface area contributed by atoms with Crippen molar-refractivity contribution in [2.45, 2.75) is 64.3 Å². The minimum atomic E-state index is -1.14. The summed E-state index contributed by atoms with van der Waals surface area (Å²) in [4.78, 5) is 38.9. The Bertz CT molecular complexity index is 1200. The second-order valence-corrected chi connectivity index (χ2v) is 13.9. The lowest BCUT2D eigenvalue weighted by Crippen LogP contribution is -2.65. The lowest BCUT2D eigenvalue weighted by atomic mass is 9.53. The molecule has 8 heteroatoms. The molecule has 180 valence electrons. The van der Waals surface area contributed by atoms with Crippen molar-refractivity contribution in [1.82, 2.24) is 4.57 Å². The normalized spacial score (nSPS) is 32.3. The van der Waals surface area contributed by atoms with Gasteiger partial charge in [-0.15, -0.1) is 0 Å². The van der Waals surface area contributed by atoms with Gasteiger partial charge >= 0.3 is 18.0 Å². The molecule has 7 nitrogen and oxygen atoms in total. The number of aromatic nitrogens is 1. The van der Waals surface area contributed by atoms with Gasteiger partial charge < -0.3 is 14.2 Å². The molecule has 4 saturated carbocycles. The lowest BCUT2D eigenvalue weighted by molar-refractivity contribution is -0.308. The van der Waals surface area contributed by atoms with Crippen molar-refractivity contribution >= 4 is 53.2 Å². The molecule has 1 aliphatic heterocycles. The van der Waals surface area contributed by atoms with Crippen LogP contribution in [0.2, 0.25) is 0 Å². The first-order valence-corrected chi connectivity index (χ1v) is 14.1. The van der Waals surface area contributed by atoms with Gasteiger partial charge in [0.25, 0.3) is 5.79 Å². The van der Waals surface area contributed by atoms with Crippen molar-refractivity contribution in [3.8, 4) is 0 Å². The molecule has 1 saturated heterocycles. The van der Waals surface area contributed by atoms with Gasteiger partial charge in [0.15, 0.2) is 3.51 Å². The molecule has 0 radical (unpaired) electrons. The monoisotopic (exact) mass is 577 g/mol. The van der Waals surface area contributed by atoms with Gasteiger partial charge in [-0.3, -0.25) is 4.57 Å². The Balaban J connectivity index is 1.29. The maximum Gasteiger partial charge on any atom is 0.418 e. The van der Waals surface area contributed by atoms with Crippen LogP contribution in [0.4, 0.5) is 4.79 Å². The summed E-state index contributed by atoms with van der Waals surface area (Å²) in [5.74, 6) is -0.468. The molecule has 4 bridgehead atoms. The Hall–Kier alpha value is -2.23. The molecule has 7 rings (SSSR count). The van der Waals surface area contributed by atoms with Crippen LogP contribution < -0.4 is 0 Å². The van der Waals surface area contributed by atoms with Crippen molar-refractivity contribution in [3.63, 3.8) is 0 Å². The van der Waals surface area contributed by atoms with Gasteiger partial charge in [-0.25, -0.2) is 14.4 Å². The number of carbonyl (C=O) groups is 3. The SMILES string of the molecule is CC(C)(C)OC(=O)n1ccc2ccc(I=C3C(=O)OC4(OC3=O)C3CC5CC(C3)CC4C5)cc21. The minimum Gasteiger partial charge on any atom is -0.443 e. The topological polar surface area (TPSA) is 83.8 Å². The molecule has 2 aromatic rings. The summed E-state index contributed by atoms with van der Waals surface area (Å²) < 4.78 is 20.0. The van der Waals surface area contributed by atoms with E-state index in [9.17, 15) is 14.4 Å². The fourth-order valence-corrected chi connectivity index (χ4v) is 8.57. The van der Waals surface area contributed by atoms with Crippen LogP contribution in [-0.4, -0.2) is 37.5 Å². The van der Waals surface area contributed by atoms with Crippen molar-refractivity contribution in [2.75, 3.05) is 0 Å². The first kappa shape index (κ1) is 22.2. The average Bonchev–Trinajstić information content (AvgIpc) is 3.16. The van der Waals surface area contributed by atoms with Crippen LogP contribution in [0.15, 0.2) is 30.5 Å². The van der Waals surface area contributed by atoms with E-state index in [1.807, 2.05) is 45.0 Å². The molecular formula is C26H28INO6. The highest BCUT2D eigenvalue weighted by Gasteiger charge is 2.64. The molecule has 1 aromatic heterocycles. The maximum atomic E-state index is 13.1. The molecule has 1 spiro atoms. The van der Waals surface area contributed by atoms with Crippen molar-refractivity contribution in [1.29, 1.82) is 0 Å². The van der Waals surface area contributed by atoms with E-state index >= 15 is 0 Å². The number of hydrogen-bond donors (Lipinski definition) is 0. The zero-order valence-corrected chi connectivity index (χ0v) is 21.7. The Labute approximate surface area is 207 Å². The highest BCUT2D eigenvalue weighted by molar-refractivity contribution is 14.2. The van der Waals surface area contributed by atoms with E-state index in [1.54, 1.807) is 6.20 Å². The van der Waals surface area contributed by atoms with Crippen LogP contribution in [0, 0.1) is 27.2 Å². The lowest BCUT2D eigenvalue weighted by Gasteiger charge is -2.59. The van der Waals surface area contributed by atoms with Crippen LogP contribution >= 0.6 is 20.7 Å². The summed E-state index contributed by atoms with van der Waals surface area (Å²) in [6, 6.07) is 7.49. The molecule has 1 aromatic carbocycles. The van der Waals surface area contributed by atoms with Gasteiger partial charge in [-0.2, -0.15) is 0 Å². The molecule has 34 heavy (non-hydrogen) atoms. The smallest absolute Gasteiger partial charge is 0.418 e. The van der Waals surface area contributed by atoms with Crippen LogP contribution in [-0.2, 0) is 23.8 Å². The summed E-state index contributed by atoms with van der Waals surface area (Å²) in [6.45, 7) is 5.46. The van der Waals surface area contributed by atoms with Gasteiger partial charge in [-0.05, 0) is 82.9 Å². The molecule has 5 aliphatic rings. The number of rotatable bonds is 1. The predicted molar refractivity (Wildman–Crippen MR) is 133 cm³/mol. The van der Waals surface area contributed by atoms with Crippen LogP contribution in [0.25, 0.3) is 10.9 Å². The second kappa shape index (κ2) is 7.63. The van der Waals surface area contributed by atoms with Crippen LogP contribution in [0.1, 0.15) is 52.9 Å². The highest BCUT2D eigenvalue weighted by Crippen LogP contribution is 2.60. The predicted octanol–water partition coefficient (Wildman–Crippen LogP) is 4.99. The van der Waals surface area contributed by atoms with E-state index in [2.05, 4.69) is 0 Å². The van der Waals surface area contributed by atoms with E-state index in [0.29, 0.717) is 17.4 Å². The molecule has 0 amide bonds. The molecule has 5 fully saturated rings. The second-order valence-electron chi connectivity index (χ2n) is 11.1. The van der Waals surface area contributed by atoms with Crippen LogP contribution in [0.5, 0.6) is 0 Å². The fourth-order valence-electron chi connectivity index (χ4n) is 6.47. The quantitative estimate of drug-likeness (QED) is 0.351. The standard InChI is InChI=1S/C26H28INO6/c1-25(2,3)34-24(31)28-7-6-16-4-5-19(13-20(16)28)27-21-22(29)32-26(33-23(21)30)17-9-14-8-15(11-17)12-18(26)10-14/h4-7,13-15,17-18H,8-12H2,1-3H3. The summed E-state index contributed by atoms with van der Waals surface area (Å²) in [6.07, 6.45) is 6.40. The number of benzene rings is 1. The Morgan fingerprint density at radius 1 is 1.00 bits per heavy atom. The first-order valence-electron chi connectivity index (χ1n) is 11.9. The van der Waals surface area contributed by atoms with Gasteiger partial charge in [0.05, 0.1) is 5.52 Å². The molecule has 0 atom stereocenters.